The third kappa shape index (κ3) is 0.729. The van der Waals surface area contributed by atoms with Gasteiger partial charge in [0.05, 0.1) is 7.06 Å². The minimum atomic E-state index is -0.0255. The molecule has 0 fully saturated rings. The summed E-state index contributed by atoms with van der Waals surface area (Å²) in [5.74, 6) is -0.0255. The van der Waals surface area contributed by atoms with Gasteiger partial charge in [-0.05, 0) is 12.1 Å². The maximum absolute atomic E-state index is 8.86. The average Bonchev–Trinajstić information content (AvgIpc) is 1.83. The standard InChI is InChI=1S/C6H7NO/c7-5-3-1-2-4-6(5)8/h1-4,8H,7H2/i3D. The van der Waals surface area contributed by atoms with Crippen LogP contribution in [0.25, 0.3) is 0 Å². The number of benzene rings is 1. The van der Waals surface area contributed by atoms with Crippen LogP contribution in [0, 0.1) is 0 Å². The van der Waals surface area contributed by atoms with Crippen LogP contribution in [0.5, 0.6) is 5.75 Å². The molecule has 0 saturated carbocycles. The zero-order valence-electron chi connectivity index (χ0n) is 5.26. The van der Waals surface area contributed by atoms with Crippen molar-refractivity contribution in [2.24, 2.45) is 0 Å². The molecule has 0 spiro atoms. The van der Waals surface area contributed by atoms with Gasteiger partial charge in [0.2, 0.25) is 0 Å². The largest absolute Gasteiger partial charge is 0.506 e. The SMILES string of the molecule is [2H]c1cccc(O)c1N. The monoisotopic (exact) mass is 110 g/mol. The molecular formula is C6H7NO. The summed E-state index contributed by atoms with van der Waals surface area (Å²) < 4.78 is 7.08. The van der Waals surface area contributed by atoms with Crippen molar-refractivity contribution in [2.45, 2.75) is 0 Å². The first kappa shape index (κ1) is 3.78. The number of hydrogen-bond donors (Lipinski definition) is 2. The molecule has 0 heterocycles. The number of rotatable bonds is 0. The zero-order chi connectivity index (χ0) is 6.85. The smallest absolute Gasteiger partial charge is 0.138 e. The Bertz CT molecular complexity index is 204. The molecule has 0 aromatic heterocycles. The quantitative estimate of drug-likeness (QED) is 0.386. The van der Waals surface area contributed by atoms with E-state index in [1.54, 1.807) is 6.07 Å². The maximum Gasteiger partial charge on any atom is 0.138 e. The van der Waals surface area contributed by atoms with E-state index < -0.39 is 0 Å². The molecule has 1 aromatic rings. The summed E-state index contributed by atoms with van der Waals surface area (Å²) >= 11 is 0. The lowest BCUT2D eigenvalue weighted by Gasteiger charge is -1.92. The lowest BCUT2D eigenvalue weighted by atomic mass is 10.3. The molecule has 3 N–H and O–H groups in total. The highest BCUT2D eigenvalue weighted by molar-refractivity contribution is 5.50. The molecule has 0 radical (unpaired) electrons. The molecule has 2 nitrogen and oxygen atoms in total. The van der Waals surface area contributed by atoms with Crippen LogP contribution < -0.4 is 5.73 Å². The normalized spacial score (nSPS) is 10.8. The summed E-state index contributed by atoms with van der Waals surface area (Å²) in [7, 11) is 0. The lowest BCUT2D eigenvalue weighted by Crippen LogP contribution is -1.82. The Morgan fingerprint density at radius 1 is 1.62 bits per heavy atom. The van der Waals surface area contributed by atoms with E-state index in [0.29, 0.717) is 0 Å². The third-order valence-corrected chi connectivity index (χ3v) is 0.865. The van der Waals surface area contributed by atoms with Crippen molar-refractivity contribution in [3.8, 4) is 5.75 Å². The molecule has 1 rings (SSSR count). The molecule has 0 aliphatic carbocycles. The molecule has 0 unspecified atom stereocenters. The fourth-order valence-corrected chi connectivity index (χ4v) is 0.441. The molecule has 0 aliphatic heterocycles. The van der Waals surface area contributed by atoms with E-state index in [9.17, 15) is 0 Å². The fourth-order valence-electron chi connectivity index (χ4n) is 0.441. The summed E-state index contributed by atoms with van der Waals surface area (Å²) in [6.45, 7) is 0. The molecule has 42 valence electrons. The van der Waals surface area contributed by atoms with Gasteiger partial charge in [0.1, 0.15) is 5.75 Å². The topological polar surface area (TPSA) is 46.2 Å². The van der Waals surface area contributed by atoms with Crippen LogP contribution in [-0.4, -0.2) is 5.11 Å². The van der Waals surface area contributed by atoms with Gasteiger partial charge in [-0.3, -0.25) is 0 Å². The van der Waals surface area contributed by atoms with E-state index in [-0.39, 0.29) is 17.5 Å². The Morgan fingerprint density at radius 2 is 2.38 bits per heavy atom. The maximum atomic E-state index is 8.86. The third-order valence-electron chi connectivity index (χ3n) is 0.865. The minimum Gasteiger partial charge on any atom is -0.506 e. The van der Waals surface area contributed by atoms with Crippen molar-refractivity contribution in [2.75, 3.05) is 5.73 Å². The first-order valence-electron chi connectivity index (χ1n) is 2.76. The summed E-state index contributed by atoms with van der Waals surface area (Å²) in [6, 6.07) is 4.71. The number of anilines is 1. The first-order valence-corrected chi connectivity index (χ1v) is 2.26. The van der Waals surface area contributed by atoms with Crippen LogP contribution in [-0.2, 0) is 0 Å². The second kappa shape index (κ2) is 1.74. The first-order chi connectivity index (χ1) is 4.22. The van der Waals surface area contributed by atoms with E-state index in [0.717, 1.165) is 0 Å². The molecule has 2 heteroatoms. The van der Waals surface area contributed by atoms with E-state index in [1.165, 1.54) is 12.1 Å². The Balaban J connectivity index is 3.25. The van der Waals surface area contributed by atoms with Gasteiger partial charge in [0.25, 0.3) is 0 Å². The number of para-hydroxylation sites is 2. The highest BCUT2D eigenvalue weighted by atomic mass is 16.3. The molecule has 0 saturated heterocycles. The van der Waals surface area contributed by atoms with Gasteiger partial charge < -0.3 is 10.8 Å². The van der Waals surface area contributed by atoms with Crippen LogP contribution in [0.1, 0.15) is 1.37 Å². The van der Waals surface area contributed by atoms with E-state index in [4.69, 9.17) is 12.2 Å². The molecule has 8 heavy (non-hydrogen) atoms. The summed E-state index contributed by atoms with van der Waals surface area (Å²) in [5, 5.41) is 8.86. The average molecular weight is 110 g/mol. The summed E-state index contributed by atoms with van der Waals surface area (Å²) in [6.07, 6.45) is 0. The summed E-state index contributed by atoms with van der Waals surface area (Å²) in [4.78, 5) is 0. The number of phenolic OH excluding ortho intramolecular Hbond substituents is 1. The molecule has 0 aliphatic rings. The number of phenols is 1. The van der Waals surface area contributed by atoms with Crippen molar-refractivity contribution in [3.05, 3.63) is 24.2 Å². The van der Waals surface area contributed by atoms with Crippen molar-refractivity contribution >= 4 is 5.69 Å². The minimum absolute atomic E-state index is 0.0255. The van der Waals surface area contributed by atoms with Crippen molar-refractivity contribution in [1.29, 1.82) is 0 Å². The second-order valence-corrected chi connectivity index (χ2v) is 1.47. The van der Waals surface area contributed by atoms with E-state index >= 15 is 0 Å². The van der Waals surface area contributed by atoms with Crippen LogP contribution in [0.3, 0.4) is 0 Å². The van der Waals surface area contributed by atoms with Crippen molar-refractivity contribution in [3.63, 3.8) is 0 Å². The highest BCUT2D eigenvalue weighted by Crippen LogP contribution is 2.16. The Hall–Kier alpha value is -1.18. The van der Waals surface area contributed by atoms with Gasteiger partial charge in [-0.2, -0.15) is 0 Å². The number of nitrogen functional groups attached to an aromatic ring is 1. The van der Waals surface area contributed by atoms with E-state index in [2.05, 4.69) is 0 Å². The molecule has 1 aromatic carbocycles. The predicted molar refractivity (Wildman–Crippen MR) is 32.5 cm³/mol. The molecular weight excluding hydrogens is 102 g/mol. The Kier molecular flexibility index (Phi) is 0.821. The van der Waals surface area contributed by atoms with Crippen LogP contribution in [0.2, 0.25) is 0 Å². The van der Waals surface area contributed by atoms with Crippen molar-refractivity contribution in [1.82, 2.24) is 0 Å². The molecule has 0 amide bonds. The van der Waals surface area contributed by atoms with Gasteiger partial charge in [-0.1, -0.05) is 12.1 Å². The molecule has 0 atom stereocenters. The van der Waals surface area contributed by atoms with Gasteiger partial charge in [-0.25, -0.2) is 0 Å². The zero-order valence-corrected chi connectivity index (χ0v) is 4.26. The number of nitrogens with two attached hydrogens (primary N) is 1. The van der Waals surface area contributed by atoms with Crippen LogP contribution in [0.4, 0.5) is 5.69 Å². The highest BCUT2D eigenvalue weighted by Gasteiger charge is 1.87. The second-order valence-electron chi connectivity index (χ2n) is 1.47. The Morgan fingerprint density at radius 3 is 2.88 bits per heavy atom. The lowest BCUT2D eigenvalue weighted by molar-refractivity contribution is 0.478. The van der Waals surface area contributed by atoms with Gasteiger partial charge in [-0.15, -0.1) is 0 Å². The predicted octanol–water partition coefficient (Wildman–Crippen LogP) is 0.974. The van der Waals surface area contributed by atoms with Crippen LogP contribution in [0.15, 0.2) is 24.2 Å². The number of aromatic hydroxyl groups is 1. The van der Waals surface area contributed by atoms with Gasteiger partial charge in [0, 0.05) is 0 Å². The fraction of sp³-hybridized carbons (Fsp3) is 0. The number of hydrogen-bond acceptors (Lipinski definition) is 2. The van der Waals surface area contributed by atoms with Crippen molar-refractivity contribution < 1.29 is 6.48 Å². The molecule has 0 bridgehead atoms. The van der Waals surface area contributed by atoms with Crippen LogP contribution >= 0.6 is 0 Å². The van der Waals surface area contributed by atoms with Gasteiger partial charge in [0.15, 0.2) is 0 Å². The van der Waals surface area contributed by atoms with E-state index in [1.807, 2.05) is 0 Å². The van der Waals surface area contributed by atoms with Gasteiger partial charge >= 0.3 is 0 Å². The summed E-state index contributed by atoms with van der Waals surface area (Å²) in [5.41, 5.74) is 5.38. The Labute approximate surface area is 49.0 Å².